The second kappa shape index (κ2) is 10.5. The molecule has 1 aliphatic heterocycles. The van der Waals surface area contributed by atoms with Crippen LogP contribution in [-0.4, -0.2) is 38.5 Å². The molecule has 2 N–H and O–H groups in total. The van der Waals surface area contributed by atoms with Crippen molar-refractivity contribution < 1.29 is 12.8 Å². The van der Waals surface area contributed by atoms with E-state index in [-0.39, 0.29) is 41.5 Å². The third kappa shape index (κ3) is 7.46. The van der Waals surface area contributed by atoms with Crippen molar-refractivity contribution >= 4 is 55.7 Å². The monoisotopic (exact) mass is 567 g/mol. The number of hydrogen-bond donors (Lipinski definition) is 2. The molecule has 1 saturated heterocycles. The Morgan fingerprint density at radius 1 is 1.26 bits per heavy atom. The van der Waals surface area contributed by atoms with Gasteiger partial charge in [0.15, 0.2) is 15.8 Å². The van der Waals surface area contributed by atoms with Crippen LogP contribution < -0.4 is 10.6 Å². The molecule has 9 heteroatoms. The predicted octanol–water partition coefficient (Wildman–Crippen LogP) is 3.13. The van der Waals surface area contributed by atoms with Crippen LogP contribution in [-0.2, 0) is 22.8 Å². The van der Waals surface area contributed by atoms with E-state index in [2.05, 4.69) is 31.6 Å². The van der Waals surface area contributed by atoms with Crippen LogP contribution in [0.15, 0.2) is 56.5 Å². The first-order chi connectivity index (χ1) is 12.5. The summed E-state index contributed by atoms with van der Waals surface area (Å²) in [4.78, 5) is 4.61. The third-order valence-corrected chi connectivity index (χ3v) is 6.45. The molecule has 1 aromatic carbocycles. The number of benzene rings is 1. The molecule has 0 saturated carbocycles. The fourth-order valence-corrected chi connectivity index (χ4v) is 4.71. The van der Waals surface area contributed by atoms with Crippen molar-refractivity contribution in [3.8, 4) is 0 Å². The van der Waals surface area contributed by atoms with Crippen molar-refractivity contribution in [2.45, 2.75) is 25.4 Å². The highest BCUT2D eigenvalue weighted by atomic mass is 127. The summed E-state index contributed by atoms with van der Waals surface area (Å²) in [6.45, 7) is 1.17. The van der Waals surface area contributed by atoms with Crippen molar-refractivity contribution in [3.05, 3.63) is 58.5 Å². The lowest BCUT2D eigenvalue weighted by Crippen LogP contribution is -2.44. The van der Waals surface area contributed by atoms with Gasteiger partial charge in [-0.1, -0.05) is 28.1 Å². The van der Waals surface area contributed by atoms with Gasteiger partial charge in [0.1, 0.15) is 5.76 Å². The van der Waals surface area contributed by atoms with Gasteiger partial charge in [-0.05, 0) is 36.2 Å². The molecule has 3 rings (SSSR count). The molecule has 0 bridgehead atoms. The highest BCUT2D eigenvalue weighted by Gasteiger charge is 2.28. The average Bonchev–Trinajstić information content (AvgIpc) is 3.23. The first kappa shape index (κ1) is 22.2. The Labute approximate surface area is 185 Å². The standard InChI is InChI=1S/C18H22BrN3O3S.HI/c19-15-5-3-14(4-6-15)12-21-18(20-9-7-17-2-1-10-25-17)22-16-8-11-26(23,24)13-16;/h1-6,10,16H,7-9,11-13H2,(H2,20,21,22);1H. The van der Waals surface area contributed by atoms with E-state index in [1.165, 1.54) is 0 Å². The maximum Gasteiger partial charge on any atom is 0.191 e. The van der Waals surface area contributed by atoms with Crippen LogP contribution in [0.4, 0.5) is 0 Å². The number of hydrogen-bond acceptors (Lipinski definition) is 4. The number of guanidine groups is 1. The molecule has 1 aliphatic rings. The maximum absolute atomic E-state index is 11.7. The molecule has 0 spiro atoms. The van der Waals surface area contributed by atoms with Crippen molar-refractivity contribution in [2.75, 3.05) is 18.1 Å². The summed E-state index contributed by atoms with van der Waals surface area (Å²) >= 11 is 3.42. The summed E-state index contributed by atoms with van der Waals surface area (Å²) in [5.41, 5.74) is 1.08. The summed E-state index contributed by atoms with van der Waals surface area (Å²) in [5.74, 6) is 1.91. The smallest absolute Gasteiger partial charge is 0.191 e. The fraction of sp³-hybridized carbons (Fsp3) is 0.389. The van der Waals surface area contributed by atoms with Crippen molar-refractivity contribution in [3.63, 3.8) is 0 Å². The van der Waals surface area contributed by atoms with Crippen LogP contribution in [0.1, 0.15) is 17.7 Å². The first-order valence-electron chi connectivity index (χ1n) is 8.52. The van der Waals surface area contributed by atoms with E-state index in [1.807, 2.05) is 36.4 Å². The second-order valence-electron chi connectivity index (χ2n) is 6.29. The van der Waals surface area contributed by atoms with Gasteiger partial charge in [-0.25, -0.2) is 13.4 Å². The average molecular weight is 568 g/mol. The number of halogens is 2. The Morgan fingerprint density at radius 2 is 2.04 bits per heavy atom. The van der Waals surface area contributed by atoms with E-state index in [0.29, 0.717) is 25.5 Å². The van der Waals surface area contributed by atoms with Gasteiger partial charge in [0.25, 0.3) is 0 Å². The zero-order valence-electron chi connectivity index (χ0n) is 14.7. The summed E-state index contributed by atoms with van der Waals surface area (Å²) < 4.78 is 29.7. The summed E-state index contributed by atoms with van der Waals surface area (Å²) in [6.07, 6.45) is 2.99. The van der Waals surface area contributed by atoms with Crippen LogP contribution in [0.5, 0.6) is 0 Å². The zero-order valence-corrected chi connectivity index (χ0v) is 19.5. The lowest BCUT2D eigenvalue weighted by Gasteiger charge is -2.16. The van der Waals surface area contributed by atoms with Gasteiger partial charge < -0.3 is 15.1 Å². The summed E-state index contributed by atoms with van der Waals surface area (Å²) in [5, 5.41) is 6.52. The highest BCUT2D eigenvalue weighted by Crippen LogP contribution is 2.12. The topological polar surface area (TPSA) is 83.7 Å². The van der Waals surface area contributed by atoms with Crippen LogP contribution >= 0.6 is 39.9 Å². The van der Waals surface area contributed by atoms with E-state index < -0.39 is 9.84 Å². The third-order valence-electron chi connectivity index (χ3n) is 4.15. The Hall–Kier alpha value is -1.07. The Balaban J connectivity index is 0.00000261. The van der Waals surface area contributed by atoms with Crippen LogP contribution in [0.2, 0.25) is 0 Å². The minimum absolute atomic E-state index is 0. The second-order valence-corrected chi connectivity index (χ2v) is 9.44. The number of nitrogens with one attached hydrogen (secondary N) is 2. The van der Waals surface area contributed by atoms with E-state index in [1.54, 1.807) is 6.26 Å². The Morgan fingerprint density at radius 3 is 2.67 bits per heavy atom. The molecule has 2 heterocycles. The maximum atomic E-state index is 11.7. The molecule has 1 fully saturated rings. The SMILES string of the molecule is I.O=S1(=O)CCC(NC(=NCc2ccc(Br)cc2)NCCc2ccco2)C1. The molecule has 2 aromatic rings. The molecule has 0 radical (unpaired) electrons. The van der Waals surface area contributed by atoms with Gasteiger partial charge in [0, 0.05) is 23.5 Å². The van der Waals surface area contributed by atoms with Crippen molar-refractivity contribution in [1.29, 1.82) is 0 Å². The zero-order chi connectivity index (χ0) is 18.4. The van der Waals surface area contributed by atoms with Gasteiger partial charge in [0.2, 0.25) is 0 Å². The lowest BCUT2D eigenvalue weighted by atomic mass is 10.2. The molecule has 148 valence electrons. The van der Waals surface area contributed by atoms with Gasteiger partial charge in [-0.3, -0.25) is 0 Å². The Bertz CT molecular complexity index is 839. The van der Waals surface area contributed by atoms with Crippen LogP contribution in [0, 0.1) is 0 Å². The molecule has 0 aliphatic carbocycles. The van der Waals surface area contributed by atoms with Crippen LogP contribution in [0.3, 0.4) is 0 Å². The molecular formula is C18H23BrIN3O3S. The predicted molar refractivity (Wildman–Crippen MR) is 121 cm³/mol. The number of sulfone groups is 1. The van der Waals surface area contributed by atoms with Gasteiger partial charge in [0.05, 0.1) is 24.3 Å². The number of nitrogens with zero attached hydrogens (tertiary/aromatic N) is 1. The number of rotatable bonds is 6. The normalized spacial score (nSPS) is 18.7. The summed E-state index contributed by atoms with van der Waals surface area (Å²) in [7, 11) is -2.93. The molecule has 1 unspecified atom stereocenters. The van der Waals surface area contributed by atoms with E-state index in [0.717, 1.165) is 22.2 Å². The molecule has 27 heavy (non-hydrogen) atoms. The van der Waals surface area contributed by atoms with Crippen molar-refractivity contribution in [1.82, 2.24) is 10.6 Å². The highest BCUT2D eigenvalue weighted by molar-refractivity contribution is 14.0. The van der Waals surface area contributed by atoms with E-state index in [4.69, 9.17) is 4.42 Å². The van der Waals surface area contributed by atoms with Crippen molar-refractivity contribution in [2.24, 2.45) is 4.99 Å². The molecule has 6 nitrogen and oxygen atoms in total. The molecule has 1 atom stereocenters. The van der Waals surface area contributed by atoms with E-state index in [9.17, 15) is 8.42 Å². The number of aliphatic imine (C=N–C) groups is 1. The lowest BCUT2D eigenvalue weighted by molar-refractivity contribution is 0.506. The number of furan rings is 1. The molecule has 0 amide bonds. The Kier molecular flexibility index (Phi) is 8.62. The summed E-state index contributed by atoms with van der Waals surface area (Å²) in [6, 6.07) is 11.7. The quantitative estimate of drug-likeness (QED) is 0.318. The van der Waals surface area contributed by atoms with Gasteiger partial charge in [-0.2, -0.15) is 0 Å². The molecular weight excluding hydrogens is 545 g/mol. The molecule has 1 aromatic heterocycles. The first-order valence-corrected chi connectivity index (χ1v) is 11.1. The minimum Gasteiger partial charge on any atom is -0.469 e. The fourth-order valence-electron chi connectivity index (χ4n) is 2.77. The minimum atomic E-state index is -2.93. The largest absolute Gasteiger partial charge is 0.469 e. The van der Waals surface area contributed by atoms with Gasteiger partial charge in [-0.15, -0.1) is 24.0 Å². The van der Waals surface area contributed by atoms with Gasteiger partial charge >= 0.3 is 0 Å². The van der Waals surface area contributed by atoms with Crippen LogP contribution in [0.25, 0.3) is 0 Å². The van der Waals surface area contributed by atoms with E-state index >= 15 is 0 Å².